The Morgan fingerprint density at radius 2 is 2.18 bits per heavy atom. The Bertz CT molecular complexity index is 718. The first kappa shape index (κ1) is 17.0. The van der Waals surface area contributed by atoms with E-state index >= 15 is 0 Å². The molecule has 0 aliphatic carbocycles. The van der Waals surface area contributed by atoms with Gasteiger partial charge in [0.05, 0.1) is 6.04 Å². The molecule has 8 heteroatoms. The molecule has 1 fully saturated rings. The van der Waals surface area contributed by atoms with E-state index in [2.05, 4.69) is 10.3 Å². The lowest BCUT2D eigenvalue weighted by atomic mass is 10.1. The number of hydrogen-bond acceptors (Lipinski definition) is 5. The second-order valence-corrected chi connectivity index (χ2v) is 6.81. The van der Waals surface area contributed by atoms with Crippen molar-refractivity contribution in [2.75, 3.05) is 19.6 Å². The predicted octanol–water partition coefficient (Wildman–Crippen LogP) is 1.74. The molecule has 0 aromatic carbocycles. The molecule has 0 amide bonds. The van der Waals surface area contributed by atoms with Gasteiger partial charge in [-0.15, -0.1) is 12.4 Å². The van der Waals surface area contributed by atoms with Gasteiger partial charge in [-0.2, -0.15) is 4.31 Å². The molecule has 1 aliphatic rings. The van der Waals surface area contributed by atoms with Crippen molar-refractivity contribution in [2.45, 2.75) is 18.1 Å². The molecular formula is C14H18ClN3O3S. The number of sulfonamides is 1. The molecule has 1 N–H and O–H groups in total. The average molecular weight is 344 g/mol. The van der Waals surface area contributed by atoms with Crippen molar-refractivity contribution in [3.63, 3.8) is 0 Å². The fourth-order valence-electron chi connectivity index (χ4n) is 2.50. The summed E-state index contributed by atoms with van der Waals surface area (Å²) in [6.07, 6.45) is 3.38. The number of nitrogens with zero attached hydrogens (tertiary/aromatic N) is 2. The molecule has 3 heterocycles. The highest BCUT2D eigenvalue weighted by atomic mass is 35.5. The Balaban J connectivity index is 0.00000176. The van der Waals surface area contributed by atoms with Gasteiger partial charge in [-0.3, -0.25) is 4.98 Å². The van der Waals surface area contributed by atoms with Crippen LogP contribution >= 0.6 is 12.4 Å². The molecule has 22 heavy (non-hydrogen) atoms. The zero-order valence-corrected chi connectivity index (χ0v) is 13.7. The van der Waals surface area contributed by atoms with Gasteiger partial charge in [0.15, 0.2) is 0 Å². The SMILES string of the molecule is Cc1ccc(S(=O)(=O)N2CCNCC2c2cccnc2)o1.Cl. The van der Waals surface area contributed by atoms with E-state index in [0.29, 0.717) is 25.4 Å². The van der Waals surface area contributed by atoms with Gasteiger partial charge >= 0.3 is 0 Å². The minimum atomic E-state index is -3.64. The van der Waals surface area contributed by atoms with Crippen molar-refractivity contribution in [1.29, 1.82) is 0 Å². The van der Waals surface area contributed by atoms with Crippen LogP contribution in [0.4, 0.5) is 0 Å². The maximum Gasteiger partial charge on any atom is 0.277 e. The first-order valence-corrected chi connectivity index (χ1v) is 8.22. The summed E-state index contributed by atoms with van der Waals surface area (Å²) in [6, 6.07) is 6.59. The molecule has 0 bridgehead atoms. The van der Waals surface area contributed by atoms with Crippen molar-refractivity contribution in [1.82, 2.24) is 14.6 Å². The summed E-state index contributed by atoms with van der Waals surface area (Å²) in [5.74, 6) is 0.585. The van der Waals surface area contributed by atoms with Crippen LogP contribution in [0.25, 0.3) is 0 Å². The van der Waals surface area contributed by atoms with Crippen LogP contribution in [0.1, 0.15) is 17.4 Å². The van der Waals surface area contributed by atoms with Crippen molar-refractivity contribution >= 4 is 22.4 Å². The van der Waals surface area contributed by atoms with Crippen LogP contribution in [0, 0.1) is 6.92 Å². The quantitative estimate of drug-likeness (QED) is 0.918. The van der Waals surface area contributed by atoms with E-state index in [1.165, 1.54) is 10.4 Å². The molecule has 1 saturated heterocycles. The Labute approximate surface area is 136 Å². The normalized spacial score (nSPS) is 19.6. The summed E-state index contributed by atoms with van der Waals surface area (Å²) in [4.78, 5) is 4.08. The highest BCUT2D eigenvalue weighted by Gasteiger charge is 2.36. The average Bonchev–Trinajstić information content (AvgIpc) is 2.95. The molecule has 0 saturated carbocycles. The Kier molecular flexibility index (Phi) is 5.23. The molecule has 0 spiro atoms. The number of rotatable bonds is 3. The highest BCUT2D eigenvalue weighted by molar-refractivity contribution is 7.89. The molecule has 1 unspecified atom stereocenters. The van der Waals surface area contributed by atoms with Gasteiger partial charge in [-0.05, 0) is 30.7 Å². The molecule has 0 radical (unpaired) electrons. The molecular weight excluding hydrogens is 326 g/mol. The first-order valence-electron chi connectivity index (χ1n) is 6.78. The van der Waals surface area contributed by atoms with Gasteiger partial charge in [0.25, 0.3) is 10.0 Å². The van der Waals surface area contributed by atoms with E-state index in [4.69, 9.17) is 4.42 Å². The fraction of sp³-hybridized carbons (Fsp3) is 0.357. The van der Waals surface area contributed by atoms with Gasteiger partial charge in [-0.1, -0.05) is 6.07 Å². The monoisotopic (exact) mass is 343 g/mol. The lowest BCUT2D eigenvalue weighted by molar-refractivity contribution is 0.263. The standard InChI is InChI=1S/C14H17N3O3S.ClH/c1-11-4-5-14(20-11)21(18,19)17-8-7-16-10-13(17)12-3-2-6-15-9-12;/h2-6,9,13,16H,7-8,10H2,1H3;1H. The third kappa shape index (κ3) is 3.17. The number of furan rings is 1. The van der Waals surface area contributed by atoms with Gasteiger partial charge in [0.1, 0.15) is 5.76 Å². The Morgan fingerprint density at radius 1 is 1.36 bits per heavy atom. The third-order valence-electron chi connectivity index (χ3n) is 3.54. The van der Waals surface area contributed by atoms with Gasteiger partial charge in [0, 0.05) is 32.0 Å². The first-order chi connectivity index (χ1) is 10.1. The highest BCUT2D eigenvalue weighted by Crippen LogP contribution is 2.29. The van der Waals surface area contributed by atoms with E-state index < -0.39 is 10.0 Å². The molecule has 2 aromatic rings. The number of aryl methyl sites for hydroxylation is 1. The number of pyridine rings is 1. The molecule has 1 aliphatic heterocycles. The largest absolute Gasteiger partial charge is 0.449 e. The van der Waals surface area contributed by atoms with Crippen molar-refractivity contribution < 1.29 is 12.8 Å². The van der Waals surface area contributed by atoms with Crippen LogP contribution < -0.4 is 5.32 Å². The van der Waals surface area contributed by atoms with E-state index in [1.807, 2.05) is 12.1 Å². The van der Waals surface area contributed by atoms with Crippen LogP contribution in [0.3, 0.4) is 0 Å². The fourth-order valence-corrected chi connectivity index (χ4v) is 4.07. The zero-order chi connectivity index (χ0) is 14.9. The maximum absolute atomic E-state index is 12.8. The maximum atomic E-state index is 12.8. The van der Waals surface area contributed by atoms with Gasteiger partial charge < -0.3 is 9.73 Å². The topological polar surface area (TPSA) is 75.4 Å². The molecule has 2 aromatic heterocycles. The van der Waals surface area contributed by atoms with Crippen molar-refractivity contribution in [2.24, 2.45) is 0 Å². The van der Waals surface area contributed by atoms with E-state index in [1.54, 1.807) is 25.4 Å². The molecule has 120 valence electrons. The van der Waals surface area contributed by atoms with Gasteiger partial charge in [0.2, 0.25) is 5.09 Å². The Morgan fingerprint density at radius 3 is 2.82 bits per heavy atom. The number of nitrogens with one attached hydrogen (secondary N) is 1. The number of halogens is 1. The number of aromatic nitrogens is 1. The zero-order valence-electron chi connectivity index (χ0n) is 12.1. The van der Waals surface area contributed by atoms with Crippen molar-refractivity contribution in [3.8, 4) is 0 Å². The lowest BCUT2D eigenvalue weighted by Crippen LogP contribution is -2.48. The smallest absolute Gasteiger partial charge is 0.277 e. The lowest BCUT2D eigenvalue weighted by Gasteiger charge is -2.34. The van der Waals surface area contributed by atoms with Crippen molar-refractivity contribution in [3.05, 3.63) is 48.0 Å². The minimum absolute atomic E-state index is 0. The minimum Gasteiger partial charge on any atom is -0.449 e. The second kappa shape index (κ2) is 6.78. The third-order valence-corrected chi connectivity index (χ3v) is 5.32. The van der Waals surface area contributed by atoms with Crippen LogP contribution in [0.5, 0.6) is 0 Å². The van der Waals surface area contributed by atoms with Crippen LogP contribution in [0.15, 0.2) is 46.2 Å². The summed E-state index contributed by atoms with van der Waals surface area (Å²) >= 11 is 0. The summed E-state index contributed by atoms with van der Waals surface area (Å²) in [6.45, 7) is 3.32. The van der Waals surface area contributed by atoms with Crippen LogP contribution in [0.2, 0.25) is 0 Å². The predicted molar refractivity (Wildman–Crippen MR) is 84.4 cm³/mol. The second-order valence-electron chi connectivity index (χ2n) is 4.99. The summed E-state index contributed by atoms with van der Waals surface area (Å²) in [5.41, 5.74) is 0.872. The van der Waals surface area contributed by atoms with E-state index in [9.17, 15) is 8.42 Å². The van der Waals surface area contributed by atoms with Gasteiger partial charge in [-0.25, -0.2) is 8.42 Å². The summed E-state index contributed by atoms with van der Waals surface area (Å²) in [7, 11) is -3.64. The molecule has 6 nitrogen and oxygen atoms in total. The van der Waals surface area contributed by atoms with Crippen LogP contribution in [-0.4, -0.2) is 37.3 Å². The summed E-state index contributed by atoms with van der Waals surface area (Å²) < 4.78 is 32.3. The van der Waals surface area contributed by atoms with E-state index in [-0.39, 0.29) is 23.5 Å². The summed E-state index contributed by atoms with van der Waals surface area (Å²) in [5, 5.41) is 3.22. The van der Waals surface area contributed by atoms with Crippen LogP contribution in [-0.2, 0) is 10.0 Å². The Hall–Kier alpha value is -1.41. The molecule has 1 atom stereocenters. The number of hydrogen-bond donors (Lipinski definition) is 1. The van der Waals surface area contributed by atoms with E-state index in [0.717, 1.165) is 5.56 Å². The number of piperazine rings is 1. The molecule has 3 rings (SSSR count).